The lowest BCUT2D eigenvalue weighted by Gasteiger charge is -2.16. The molecule has 1 saturated heterocycles. The molecule has 3 N–H and O–H groups in total. The maximum absolute atomic E-state index is 12.9. The number of nitrogens with zero attached hydrogens (tertiary/aromatic N) is 1. The largest absolute Gasteiger partial charge is 0.496 e. The Morgan fingerprint density at radius 1 is 1.03 bits per heavy atom. The number of benzene rings is 3. The number of likely N-dealkylation sites (tertiary alicyclic amines) is 1. The molecule has 7 nitrogen and oxygen atoms in total. The van der Waals surface area contributed by atoms with E-state index in [9.17, 15) is 13.2 Å². The molecule has 1 aliphatic rings. The van der Waals surface area contributed by atoms with Crippen molar-refractivity contribution in [2.75, 3.05) is 20.2 Å². The topological polar surface area (TPSA) is 102 Å². The van der Waals surface area contributed by atoms with Gasteiger partial charge in [-0.1, -0.05) is 48.5 Å². The molecule has 1 heterocycles. The van der Waals surface area contributed by atoms with E-state index in [2.05, 4.69) is 34.5 Å². The predicted molar refractivity (Wildman–Crippen MR) is 132 cm³/mol. The number of amides is 1. The smallest absolute Gasteiger partial charge is 0.255 e. The zero-order valence-corrected chi connectivity index (χ0v) is 20.0. The number of primary sulfonamides is 1. The van der Waals surface area contributed by atoms with Crippen LogP contribution in [0.3, 0.4) is 0 Å². The van der Waals surface area contributed by atoms with E-state index in [1.165, 1.54) is 43.7 Å². The van der Waals surface area contributed by atoms with Crippen LogP contribution < -0.4 is 15.2 Å². The Kier molecular flexibility index (Phi) is 7.31. The highest BCUT2D eigenvalue weighted by molar-refractivity contribution is 7.89. The maximum Gasteiger partial charge on any atom is 0.255 e. The zero-order chi connectivity index (χ0) is 24.1. The van der Waals surface area contributed by atoms with Gasteiger partial charge < -0.3 is 10.1 Å². The third kappa shape index (κ3) is 5.64. The van der Waals surface area contributed by atoms with E-state index in [1.54, 1.807) is 0 Å². The molecule has 0 aromatic heterocycles. The monoisotopic (exact) mass is 479 g/mol. The highest BCUT2D eigenvalue weighted by Crippen LogP contribution is 2.26. The van der Waals surface area contributed by atoms with Crippen LogP contribution in [-0.4, -0.2) is 39.4 Å². The average molecular weight is 480 g/mol. The Morgan fingerprint density at radius 3 is 2.41 bits per heavy atom. The van der Waals surface area contributed by atoms with Gasteiger partial charge >= 0.3 is 0 Å². The van der Waals surface area contributed by atoms with E-state index in [1.807, 2.05) is 24.3 Å². The molecule has 0 spiro atoms. The molecule has 0 atom stereocenters. The van der Waals surface area contributed by atoms with Crippen molar-refractivity contribution in [3.63, 3.8) is 0 Å². The summed E-state index contributed by atoms with van der Waals surface area (Å²) < 4.78 is 28.7. The van der Waals surface area contributed by atoms with E-state index in [0.29, 0.717) is 0 Å². The highest BCUT2D eigenvalue weighted by Gasteiger charge is 2.18. The van der Waals surface area contributed by atoms with Gasteiger partial charge in [0.1, 0.15) is 5.75 Å². The fraction of sp³-hybridized carbons (Fsp3) is 0.269. The highest BCUT2D eigenvalue weighted by atomic mass is 32.2. The van der Waals surface area contributed by atoms with Crippen LogP contribution in [0.25, 0.3) is 11.1 Å². The number of rotatable bonds is 8. The summed E-state index contributed by atoms with van der Waals surface area (Å²) >= 11 is 0. The van der Waals surface area contributed by atoms with Crippen molar-refractivity contribution in [3.05, 3.63) is 83.4 Å². The zero-order valence-electron chi connectivity index (χ0n) is 19.2. The molecule has 1 fully saturated rings. The molecule has 0 bridgehead atoms. The van der Waals surface area contributed by atoms with Crippen LogP contribution in [0.15, 0.2) is 71.6 Å². The molecule has 8 heteroatoms. The molecule has 34 heavy (non-hydrogen) atoms. The molecule has 1 aliphatic heterocycles. The molecular weight excluding hydrogens is 450 g/mol. The number of methoxy groups -OCH3 is 1. The van der Waals surface area contributed by atoms with Gasteiger partial charge in [-0.2, -0.15) is 0 Å². The molecule has 0 aliphatic carbocycles. The standard InChI is InChI=1S/C26H29N3O4S/c1-33-25-13-12-22(34(27,31)32)16-24(25)26(30)28-17-21-6-2-3-7-23(21)20-10-8-19(9-11-20)18-29-14-4-5-15-29/h2-3,6-13,16H,4-5,14-15,17-18H2,1H3,(H,28,30)(H2,27,31,32). The number of hydrogen-bond acceptors (Lipinski definition) is 5. The average Bonchev–Trinajstić information content (AvgIpc) is 3.35. The number of sulfonamides is 1. The maximum atomic E-state index is 12.9. The number of ether oxygens (including phenoxy) is 1. The Morgan fingerprint density at radius 2 is 1.74 bits per heavy atom. The molecule has 0 unspecified atom stereocenters. The number of carbonyl (C=O) groups excluding carboxylic acids is 1. The van der Waals surface area contributed by atoms with Gasteiger partial charge in [0.2, 0.25) is 10.0 Å². The second kappa shape index (κ2) is 10.4. The van der Waals surface area contributed by atoms with Crippen LogP contribution in [-0.2, 0) is 23.1 Å². The van der Waals surface area contributed by atoms with Crippen molar-refractivity contribution in [2.24, 2.45) is 5.14 Å². The fourth-order valence-corrected chi connectivity index (χ4v) is 4.80. The van der Waals surface area contributed by atoms with Crippen molar-refractivity contribution in [3.8, 4) is 16.9 Å². The minimum Gasteiger partial charge on any atom is -0.496 e. The van der Waals surface area contributed by atoms with Crippen molar-refractivity contribution in [1.82, 2.24) is 10.2 Å². The predicted octanol–water partition coefficient (Wildman–Crippen LogP) is 3.54. The Labute approximate surface area is 200 Å². The van der Waals surface area contributed by atoms with Gasteiger partial charge in [-0.3, -0.25) is 9.69 Å². The van der Waals surface area contributed by atoms with E-state index >= 15 is 0 Å². The van der Waals surface area contributed by atoms with Crippen LogP contribution in [0.5, 0.6) is 5.75 Å². The molecule has 0 saturated carbocycles. The van der Waals surface area contributed by atoms with E-state index in [0.717, 1.165) is 36.3 Å². The van der Waals surface area contributed by atoms with Gasteiger partial charge in [-0.25, -0.2) is 13.6 Å². The summed E-state index contributed by atoms with van der Waals surface area (Å²) in [7, 11) is -2.52. The van der Waals surface area contributed by atoms with Crippen molar-refractivity contribution in [1.29, 1.82) is 0 Å². The number of carbonyl (C=O) groups is 1. The second-order valence-electron chi connectivity index (χ2n) is 8.43. The normalized spacial score (nSPS) is 14.2. The first-order valence-corrected chi connectivity index (χ1v) is 12.8. The SMILES string of the molecule is COc1ccc(S(N)(=O)=O)cc1C(=O)NCc1ccccc1-c1ccc(CN2CCCC2)cc1. The molecule has 3 aromatic rings. The number of hydrogen-bond donors (Lipinski definition) is 2. The number of nitrogens with one attached hydrogen (secondary N) is 1. The third-order valence-corrected chi connectivity index (χ3v) is 6.98. The minimum atomic E-state index is -3.94. The van der Waals surface area contributed by atoms with Gasteiger partial charge in [-0.15, -0.1) is 0 Å². The molecule has 178 valence electrons. The quantitative estimate of drug-likeness (QED) is 0.515. The Hall–Kier alpha value is -3.20. The first-order valence-electron chi connectivity index (χ1n) is 11.2. The van der Waals surface area contributed by atoms with Crippen molar-refractivity contribution >= 4 is 15.9 Å². The van der Waals surface area contributed by atoms with E-state index < -0.39 is 15.9 Å². The summed E-state index contributed by atoms with van der Waals surface area (Å²) in [6, 6.07) is 20.4. The van der Waals surface area contributed by atoms with Gasteiger partial charge in [0.05, 0.1) is 17.6 Å². The lowest BCUT2D eigenvalue weighted by molar-refractivity contribution is 0.0947. The molecular formula is C26H29N3O4S. The summed E-state index contributed by atoms with van der Waals surface area (Å²) in [4.78, 5) is 15.2. The second-order valence-corrected chi connectivity index (χ2v) is 9.99. The summed E-state index contributed by atoms with van der Waals surface area (Å²) in [5, 5.41) is 8.10. The molecule has 4 rings (SSSR count). The minimum absolute atomic E-state index is 0.109. The lowest BCUT2D eigenvalue weighted by atomic mass is 9.98. The molecule has 0 radical (unpaired) electrons. The van der Waals surface area contributed by atoms with Crippen LogP contribution in [0.1, 0.15) is 34.3 Å². The Bertz CT molecular complexity index is 1270. The Balaban J connectivity index is 1.50. The summed E-state index contributed by atoms with van der Waals surface area (Å²) in [5.41, 5.74) is 4.45. The van der Waals surface area contributed by atoms with E-state index in [4.69, 9.17) is 9.88 Å². The molecule has 1 amide bonds. The fourth-order valence-electron chi connectivity index (χ4n) is 4.26. The first kappa shape index (κ1) is 23.9. The van der Waals surface area contributed by atoms with E-state index in [-0.39, 0.29) is 22.8 Å². The first-order chi connectivity index (χ1) is 16.3. The van der Waals surface area contributed by atoms with Gasteiger partial charge in [0.15, 0.2) is 0 Å². The molecule has 3 aromatic carbocycles. The summed E-state index contributed by atoms with van der Waals surface area (Å²) in [6.07, 6.45) is 2.55. The lowest BCUT2D eigenvalue weighted by Crippen LogP contribution is -2.24. The van der Waals surface area contributed by atoms with Gasteiger partial charge in [0.25, 0.3) is 5.91 Å². The van der Waals surface area contributed by atoms with Crippen molar-refractivity contribution < 1.29 is 17.9 Å². The van der Waals surface area contributed by atoms with Crippen LogP contribution in [0.4, 0.5) is 0 Å². The van der Waals surface area contributed by atoms with Crippen LogP contribution >= 0.6 is 0 Å². The van der Waals surface area contributed by atoms with Crippen LogP contribution in [0.2, 0.25) is 0 Å². The van der Waals surface area contributed by atoms with Gasteiger partial charge in [-0.05, 0) is 66.4 Å². The van der Waals surface area contributed by atoms with Crippen molar-refractivity contribution in [2.45, 2.75) is 30.8 Å². The third-order valence-electron chi connectivity index (χ3n) is 6.07. The van der Waals surface area contributed by atoms with Crippen LogP contribution in [0, 0.1) is 0 Å². The summed E-state index contributed by atoms with van der Waals surface area (Å²) in [6.45, 7) is 3.56. The van der Waals surface area contributed by atoms with Gasteiger partial charge in [0, 0.05) is 13.1 Å². The number of nitrogens with two attached hydrogens (primary N) is 1. The summed E-state index contributed by atoms with van der Waals surface area (Å²) in [5.74, 6) is -0.176.